The molecule has 10 heteroatoms. The zero-order valence-corrected chi connectivity index (χ0v) is 14.4. The molecule has 0 unspecified atom stereocenters. The maximum absolute atomic E-state index is 11.9. The minimum Gasteiger partial charge on any atom is -0.453 e. The number of non-ortho nitro benzene ring substituents is 1. The Morgan fingerprint density at radius 1 is 1.35 bits per heavy atom. The van der Waals surface area contributed by atoms with Gasteiger partial charge in [0.15, 0.2) is 11.7 Å². The number of anilines is 1. The molecule has 132 valence electrons. The summed E-state index contributed by atoms with van der Waals surface area (Å²) in [6.07, 6.45) is 1.54. The largest absolute Gasteiger partial charge is 0.453 e. The highest BCUT2D eigenvalue weighted by atomic mass is 32.1. The van der Waals surface area contributed by atoms with E-state index in [4.69, 9.17) is 4.74 Å². The molecular weight excluding hydrogens is 358 g/mol. The fourth-order valence-electron chi connectivity index (χ4n) is 2.02. The van der Waals surface area contributed by atoms with Crippen molar-refractivity contribution in [3.63, 3.8) is 0 Å². The molecule has 26 heavy (non-hydrogen) atoms. The number of hydrogen-bond acceptors (Lipinski definition) is 8. The number of aryl methyl sites for hydroxylation is 1. The standard InChI is InChI=1S/C16H13N5O4S/c1-10-5-6-17-15(18-10)25-8-14(22)20-16-19-13(9-26-16)11-3-2-4-12(7-11)21(23)24/h2-7,9H,8H2,1H3,(H,19,20,22). The summed E-state index contributed by atoms with van der Waals surface area (Å²) >= 11 is 1.21. The Labute approximate surface area is 151 Å². The molecule has 2 heterocycles. The molecule has 3 rings (SSSR count). The van der Waals surface area contributed by atoms with E-state index in [9.17, 15) is 14.9 Å². The number of hydrogen-bond donors (Lipinski definition) is 1. The lowest BCUT2D eigenvalue weighted by Gasteiger charge is -2.04. The lowest BCUT2D eigenvalue weighted by atomic mass is 10.1. The van der Waals surface area contributed by atoms with E-state index < -0.39 is 10.8 Å². The van der Waals surface area contributed by atoms with Gasteiger partial charge in [0.05, 0.1) is 10.6 Å². The highest BCUT2D eigenvalue weighted by Gasteiger charge is 2.12. The fraction of sp³-hybridized carbons (Fsp3) is 0.125. The zero-order chi connectivity index (χ0) is 18.5. The molecule has 0 bridgehead atoms. The summed E-state index contributed by atoms with van der Waals surface area (Å²) < 4.78 is 5.22. The van der Waals surface area contributed by atoms with Crippen LogP contribution >= 0.6 is 11.3 Å². The number of carbonyl (C=O) groups is 1. The molecule has 0 saturated carbocycles. The Morgan fingerprint density at radius 2 is 2.19 bits per heavy atom. The first kappa shape index (κ1) is 17.4. The average molecular weight is 371 g/mol. The first-order chi connectivity index (χ1) is 12.5. The van der Waals surface area contributed by atoms with E-state index in [0.29, 0.717) is 16.4 Å². The number of rotatable bonds is 6. The van der Waals surface area contributed by atoms with Gasteiger partial charge in [-0.1, -0.05) is 12.1 Å². The molecule has 1 amide bonds. The van der Waals surface area contributed by atoms with Crippen molar-refractivity contribution in [3.8, 4) is 17.3 Å². The van der Waals surface area contributed by atoms with Crippen LogP contribution in [0.3, 0.4) is 0 Å². The van der Waals surface area contributed by atoms with E-state index in [-0.39, 0.29) is 18.3 Å². The van der Waals surface area contributed by atoms with Gasteiger partial charge in [-0.25, -0.2) is 15.0 Å². The summed E-state index contributed by atoms with van der Waals surface area (Å²) in [6.45, 7) is 1.54. The Morgan fingerprint density at radius 3 is 2.96 bits per heavy atom. The van der Waals surface area contributed by atoms with E-state index in [1.807, 2.05) is 0 Å². The molecule has 1 N–H and O–H groups in total. The van der Waals surface area contributed by atoms with Crippen LogP contribution in [0.25, 0.3) is 11.3 Å². The Bertz CT molecular complexity index is 959. The number of nitrogens with zero attached hydrogens (tertiary/aromatic N) is 4. The lowest BCUT2D eigenvalue weighted by molar-refractivity contribution is -0.384. The smallest absolute Gasteiger partial charge is 0.317 e. The molecule has 9 nitrogen and oxygen atoms in total. The van der Waals surface area contributed by atoms with Crippen LogP contribution in [0, 0.1) is 17.0 Å². The monoisotopic (exact) mass is 371 g/mol. The molecule has 0 spiro atoms. The minimum atomic E-state index is -0.469. The second kappa shape index (κ2) is 7.66. The lowest BCUT2D eigenvalue weighted by Crippen LogP contribution is -2.20. The molecule has 0 aliphatic carbocycles. The third kappa shape index (κ3) is 4.36. The minimum absolute atomic E-state index is 0.0207. The summed E-state index contributed by atoms with van der Waals surface area (Å²) in [6, 6.07) is 7.98. The summed E-state index contributed by atoms with van der Waals surface area (Å²) in [4.78, 5) is 34.5. The molecule has 3 aromatic rings. The number of carbonyl (C=O) groups excluding carboxylic acids is 1. The van der Waals surface area contributed by atoms with Crippen LogP contribution in [0.5, 0.6) is 6.01 Å². The van der Waals surface area contributed by atoms with Crippen molar-refractivity contribution in [2.75, 3.05) is 11.9 Å². The topological polar surface area (TPSA) is 120 Å². The quantitative estimate of drug-likeness (QED) is 0.522. The summed E-state index contributed by atoms with van der Waals surface area (Å²) in [7, 11) is 0. The predicted octanol–water partition coefficient (Wildman–Crippen LogP) is 2.83. The van der Waals surface area contributed by atoms with Gasteiger partial charge in [-0.15, -0.1) is 11.3 Å². The van der Waals surface area contributed by atoms with Crippen molar-refractivity contribution in [3.05, 3.63) is 57.7 Å². The highest BCUT2D eigenvalue weighted by molar-refractivity contribution is 7.14. The van der Waals surface area contributed by atoms with Crippen molar-refractivity contribution in [1.82, 2.24) is 15.0 Å². The van der Waals surface area contributed by atoms with Crippen LogP contribution in [0.2, 0.25) is 0 Å². The molecule has 0 aliphatic rings. The fourth-order valence-corrected chi connectivity index (χ4v) is 2.76. The molecule has 0 atom stereocenters. The van der Waals surface area contributed by atoms with Crippen molar-refractivity contribution in [2.24, 2.45) is 0 Å². The van der Waals surface area contributed by atoms with Crippen LogP contribution in [0.4, 0.5) is 10.8 Å². The molecular formula is C16H13N5O4S. The van der Waals surface area contributed by atoms with Gasteiger partial charge < -0.3 is 4.74 Å². The van der Waals surface area contributed by atoms with E-state index in [1.165, 1.54) is 23.5 Å². The van der Waals surface area contributed by atoms with Crippen LogP contribution < -0.4 is 10.1 Å². The van der Waals surface area contributed by atoms with Gasteiger partial charge in [0.2, 0.25) is 0 Å². The van der Waals surface area contributed by atoms with Gasteiger partial charge in [0, 0.05) is 35.0 Å². The van der Waals surface area contributed by atoms with Gasteiger partial charge in [-0.2, -0.15) is 0 Å². The first-order valence-corrected chi connectivity index (χ1v) is 8.32. The highest BCUT2D eigenvalue weighted by Crippen LogP contribution is 2.27. The Hall–Kier alpha value is -3.40. The number of aromatic nitrogens is 3. The number of ether oxygens (including phenoxy) is 1. The third-order valence-corrected chi connectivity index (χ3v) is 3.97. The Kier molecular flexibility index (Phi) is 5.13. The van der Waals surface area contributed by atoms with Crippen molar-refractivity contribution >= 4 is 28.1 Å². The van der Waals surface area contributed by atoms with Gasteiger partial charge in [0.1, 0.15) is 0 Å². The van der Waals surface area contributed by atoms with Gasteiger partial charge in [0.25, 0.3) is 11.6 Å². The maximum Gasteiger partial charge on any atom is 0.317 e. The van der Waals surface area contributed by atoms with Crippen LogP contribution in [-0.4, -0.2) is 32.4 Å². The van der Waals surface area contributed by atoms with Crippen LogP contribution in [-0.2, 0) is 4.79 Å². The first-order valence-electron chi connectivity index (χ1n) is 7.44. The summed E-state index contributed by atoms with van der Waals surface area (Å²) in [5.74, 6) is -0.407. The second-order valence-corrected chi connectivity index (χ2v) is 6.02. The molecule has 1 aromatic carbocycles. The SMILES string of the molecule is Cc1ccnc(OCC(=O)Nc2nc(-c3cccc([N+](=O)[O-])c3)cs2)n1. The van der Waals surface area contributed by atoms with Crippen molar-refractivity contribution in [1.29, 1.82) is 0 Å². The molecule has 0 saturated heterocycles. The summed E-state index contributed by atoms with van der Waals surface area (Å²) in [5, 5.41) is 15.5. The van der Waals surface area contributed by atoms with Gasteiger partial charge in [-0.05, 0) is 13.0 Å². The van der Waals surface area contributed by atoms with Crippen LogP contribution in [0.15, 0.2) is 41.9 Å². The number of amides is 1. The van der Waals surface area contributed by atoms with E-state index in [0.717, 1.165) is 5.69 Å². The zero-order valence-electron chi connectivity index (χ0n) is 13.6. The number of nitrogens with one attached hydrogen (secondary N) is 1. The molecule has 0 aliphatic heterocycles. The number of nitro benzene ring substituents is 1. The van der Waals surface area contributed by atoms with E-state index in [2.05, 4.69) is 20.3 Å². The third-order valence-electron chi connectivity index (χ3n) is 3.21. The van der Waals surface area contributed by atoms with E-state index in [1.54, 1.807) is 36.7 Å². The van der Waals surface area contributed by atoms with Crippen molar-refractivity contribution < 1.29 is 14.5 Å². The molecule has 0 radical (unpaired) electrons. The predicted molar refractivity (Wildman–Crippen MR) is 95.1 cm³/mol. The molecule has 2 aromatic heterocycles. The van der Waals surface area contributed by atoms with Crippen molar-refractivity contribution in [2.45, 2.75) is 6.92 Å². The van der Waals surface area contributed by atoms with Crippen LogP contribution in [0.1, 0.15) is 5.69 Å². The molecule has 0 fully saturated rings. The second-order valence-electron chi connectivity index (χ2n) is 5.16. The summed E-state index contributed by atoms with van der Waals surface area (Å²) in [5.41, 5.74) is 1.85. The maximum atomic E-state index is 11.9. The normalized spacial score (nSPS) is 10.3. The number of thiazole rings is 1. The van der Waals surface area contributed by atoms with Gasteiger partial charge >= 0.3 is 6.01 Å². The van der Waals surface area contributed by atoms with E-state index >= 15 is 0 Å². The number of benzene rings is 1. The number of nitro groups is 1. The average Bonchev–Trinajstić information content (AvgIpc) is 3.08. The van der Waals surface area contributed by atoms with Gasteiger partial charge in [-0.3, -0.25) is 20.2 Å². The Balaban J connectivity index is 1.62.